The van der Waals surface area contributed by atoms with Crippen LogP contribution in [0.3, 0.4) is 0 Å². The Kier molecular flexibility index (Phi) is 3.34. The summed E-state index contributed by atoms with van der Waals surface area (Å²) < 4.78 is 5.28. The van der Waals surface area contributed by atoms with E-state index in [2.05, 4.69) is 9.97 Å². The molecule has 2 aromatic heterocycles. The van der Waals surface area contributed by atoms with Crippen molar-refractivity contribution >= 4 is 17.2 Å². The zero-order valence-corrected chi connectivity index (χ0v) is 10.0. The first-order valence-electron chi connectivity index (χ1n) is 5.06. The topological polar surface area (TPSA) is 78.1 Å². The highest BCUT2D eigenvalue weighted by atomic mass is 32.1. The first kappa shape index (κ1) is 11.5. The van der Waals surface area contributed by atoms with Crippen LogP contribution in [0.15, 0.2) is 24.5 Å². The van der Waals surface area contributed by atoms with E-state index in [0.29, 0.717) is 22.4 Å². The number of aromatic nitrogens is 2. The molecule has 0 aliphatic heterocycles. The van der Waals surface area contributed by atoms with Gasteiger partial charge in [-0.2, -0.15) is 0 Å². The van der Waals surface area contributed by atoms with Gasteiger partial charge in [0.2, 0.25) is 5.88 Å². The van der Waals surface area contributed by atoms with E-state index in [1.165, 1.54) is 11.3 Å². The van der Waals surface area contributed by atoms with Gasteiger partial charge in [-0.1, -0.05) is 0 Å². The third-order valence-corrected chi connectivity index (χ3v) is 3.13. The Balaban J connectivity index is 2.44. The molecular formula is C11H11N3O2S. The van der Waals surface area contributed by atoms with Crippen molar-refractivity contribution in [2.75, 3.05) is 6.61 Å². The molecule has 5 nitrogen and oxygen atoms in total. The quantitative estimate of drug-likeness (QED) is 0.894. The van der Waals surface area contributed by atoms with Crippen LogP contribution in [0.2, 0.25) is 0 Å². The summed E-state index contributed by atoms with van der Waals surface area (Å²) in [5.74, 6) is -0.219. The van der Waals surface area contributed by atoms with Gasteiger partial charge in [-0.3, -0.25) is 9.78 Å². The van der Waals surface area contributed by atoms with Crippen molar-refractivity contribution in [2.45, 2.75) is 6.92 Å². The average molecular weight is 249 g/mol. The van der Waals surface area contributed by atoms with Crippen molar-refractivity contribution in [2.24, 2.45) is 5.73 Å². The third-order valence-electron chi connectivity index (χ3n) is 2.03. The largest absolute Gasteiger partial charge is 0.477 e. The maximum atomic E-state index is 11.2. The molecule has 2 aromatic rings. The molecule has 2 heterocycles. The zero-order chi connectivity index (χ0) is 12.3. The Morgan fingerprint density at radius 3 is 2.76 bits per heavy atom. The van der Waals surface area contributed by atoms with Gasteiger partial charge >= 0.3 is 0 Å². The SMILES string of the molecule is CCOc1nc(-c2ccncc2)sc1C(N)=O. The summed E-state index contributed by atoms with van der Waals surface area (Å²) in [7, 11) is 0. The molecule has 6 heteroatoms. The Hall–Kier alpha value is -1.95. The number of rotatable bonds is 4. The summed E-state index contributed by atoms with van der Waals surface area (Å²) in [6.45, 7) is 2.27. The fourth-order valence-corrected chi connectivity index (χ4v) is 2.18. The van der Waals surface area contributed by atoms with Gasteiger partial charge in [-0.15, -0.1) is 11.3 Å². The van der Waals surface area contributed by atoms with Gasteiger partial charge < -0.3 is 10.5 Å². The minimum absolute atomic E-state index is 0.303. The van der Waals surface area contributed by atoms with Crippen molar-refractivity contribution in [3.8, 4) is 16.5 Å². The smallest absolute Gasteiger partial charge is 0.264 e. The summed E-state index contributed by atoms with van der Waals surface area (Å²) in [6, 6.07) is 3.64. The zero-order valence-electron chi connectivity index (χ0n) is 9.21. The number of nitrogens with zero attached hydrogens (tertiary/aromatic N) is 2. The third kappa shape index (κ3) is 2.42. The number of thiazole rings is 1. The van der Waals surface area contributed by atoms with Gasteiger partial charge in [0.1, 0.15) is 5.01 Å². The van der Waals surface area contributed by atoms with Crippen LogP contribution < -0.4 is 10.5 Å². The molecule has 0 unspecified atom stereocenters. The van der Waals surface area contributed by atoms with Gasteiger partial charge in [-0.25, -0.2) is 4.98 Å². The fraction of sp³-hybridized carbons (Fsp3) is 0.182. The van der Waals surface area contributed by atoms with Crippen molar-refractivity contribution in [1.82, 2.24) is 9.97 Å². The normalized spacial score (nSPS) is 10.2. The minimum atomic E-state index is -0.522. The average Bonchev–Trinajstić information content (AvgIpc) is 2.75. The lowest BCUT2D eigenvalue weighted by molar-refractivity contribution is 0.100. The van der Waals surface area contributed by atoms with Crippen LogP contribution in [0.4, 0.5) is 0 Å². The van der Waals surface area contributed by atoms with Crippen LogP contribution in [0.5, 0.6) is 5.88 Å². The van der Waals surface area contributed by atoms with E-state index in [-0.39, 0.29) is 0 Å². The molecule has 0 fully saturated rings. The summed E-state index contributed by atoms with van der Waals surface area (Å²) in [4.78, 5) is 19.8. The number of ether oxygens (including phenoxy) is 1. The van der Waals surface area contributed by atoms with Crippen LogP contribution in [0.1, 0.15) is 16.6 Å². The van der Waals surface area contributed by atoms with Crippen LogP contribution in [0, 0.1) is 0 Å². The minimum Gasteiger partial charge on any atom is -0.477 e. The lowest BCUT2D eigenvalue weighted by Gasteiger charge is -1.98. The molecule has 0 spiro atoms. The van der Waals surface area contributed by atoms with Gasteiger partial charge in [-0.05, 0) is 19.1 Å². The number of pyridine rings is 1. The van der Waals surface area contributed by atoms with Crippen LogP contribution >= 0.6 is 11.3 Å². The Morgan fingerprint density at radius 1 is 1.47 bits per heavy atom. The lowest BCUT2D eigenvalue weighted by atomic mass is 10.3. The maximum absolute atomic E-state index is 11.2. The van der Waals surface area contributed by atoms with E-state index in [9.17, 15) is 4.79 Å². The number of primary amides is 1. The highest BCUT2D eigenvalue weighted by molar-refractivity contribution is 7.17. The molecule has 1 amide bonds. The first-order chi connectivity index (χ1) is 8.22. The molecule has 2 N–H and O–H groups in total. The molecular weight excluding hydrogens is 238 g/mol. The number of carbonyl (C=O) groups is 1. The number of nitrogens with two attached hydrogens (primary N) is 1. The van der Waals surface area contributed by atoms with Gasteiger partial charge in [0.15, 0.2) is 4.88 Å². The maximum Gasteiger partial charge on any atom is 0.264 e. The number of amides is 1. The van der Waals surface area contributed by atoms with Crippen molar-refractivity contribution in [3.63, 3.8) is 0 Å². The fourth-order valence-electron chi connectivity index (χ4n) is 1.31. The predicted molar refractivity (Wildman–Crippen MR) is 65.0 cm³/mol. The van der Waals surface area contributed by atoms with Crippen molar-refractivity contribution in [1.29, 1.82) is 0 Å². The lowest BCUT2D eigenvalue weighted by Crippen LogP contribution is -2.10. The van der Waals surface area contributed by atoms with Gasteiger partial charge in [0, 0.05) is 18.0 Å². The summed E-state index contributed by atoms with van der Waals surface area (Å²) in [5, 5.41) is 0.699. The predicted octanol–water partition coefficient (Wildman–Crippen LogP) is 1.70. The molecule has 0 aliphatic carbocycles. The molecule has 0 saturated carbocycles. The molecule has 2 rings (SSSR count). The molecule has 0 aliphatic rings. The molecule has 17 heavy (non-hydrogen) atoms. The highest BCUT2D eigenvalue weighted by Gasteiger charge is 2.17. The van der Waals surface area contributed by atoms with E-state index in [0.717, 1.165) is 5.56 Å². The second kappa shape index (κ2) is 4.92. The number of carbonyl (C=O) groups excluding carboxylic acids is 1. The van der Waals surface area contributed by atoms with E-state index in [4.69, 9.17) is 10.5 Å². The van der Waals surface area contributed by atoms with Crippen LogP contribution in [0.25, 0.3) is 10.6 Å². The first-order valence-corrected chi connectivity index (χ1v) is 5.88. The second-order valence-corrected chi connectivity index (χ2v) is 4.19. The van der Waals surface area contributed by atoms with Gasteiger partial charge in [0.25, 0.3) is 5.91 Å². The second-order valence-electron chi connectivity index (χ2n) is 3.19. The molecule has 88 valence electrons. The summed E-state index contributed by atoms with van der Waals surface area (Å²) in [5.41, 5.74) is 6.16. The Morgan fingerprint density at radius 2 is 2.18 bits per heavy atom. The molecule has 0 saturated heterocycles. The molecule has 0 radical (unpaired) electrons. The van der Waals surface area contributed by atoms with E-state index < -0.39 is 5.91 Å². The summed E-state index contributed by atoms with van der Waals surface area (Å²) in [6.07, 6.45) is 3.34. The molecule has 0 aromatic carbocycles. The Labute approximate surface area is 102 Å². The standard InChI is InChI=1S/C11H11N3O2S/c1-2-16-10-8(9(12)15)17-11(14-10)7-3-5-13-6-4-7/h3-6H,2H2,1H3,(H2,12,15). The van der Waals surface area contributed by atoms with Crippen molar-refractivity contribution < 1.29 is 9.53 Å². The van der Waals surface area contributed by atoms with Crippen molar-refractivity contribution in [3.05, 3.63) is 29.4 Å². The van der Waals surface area contributed by atoms with E-state index in [1.807, 2.05) is 19.1 Å². The van der Waals surface area contributed by atoms with Gasteiger partial charge in [0.05, 0.1) is 6.61 Å². The summed E-state index contributed by atoms with van der Waals surface area (Å²) >= 11 is 1.22. The van der Waals surface area contributed by atoms with Crippen LogP contribution in [-0.2, 0) is 0 Å². The van der Waals surface area contributed by atoms with Crippen LogP contribution in [-0.4, -0.2) is 22.5 Å². The van der Waals surface area contributed by atoms with E-state index >= 15 is 0 Å². The number of hydrogen-bond donors (Lipinski definition) is 1. The Bertz CT molecular complexity index is 525. The monoisotopic (exact) mass is 249 g/mol. The highest BCUT2D eigenvalue weighted by Crippen LogP contribution is 2.31. The molecule has 0 bridgehead atoms. The number of hydrogen-bond acceptors (Lipinski definition) is 5. The van der Waals surface area contributed by atoms with E-state index in [1.54, 1.807) is 12.4 Å². The molecule has 0 atom stereocenters.